The molecule has 0 bridgehead atoms. The highest BCUT2D eigenvalue weighted by Crippen LogP contribution is 2.24. The zero-order valence-corrected chi connectivity index (χ0v) is 9.36. The highest BCUT2D eigenvalue weighted by atomic mass is 79.9. The first-order valence-electron chi connectivity index (χ1n) is 4.03. The summed E-state index contributed by atoms with van der Waals surface area (Å²) in [7, 11) is 0. The molecule has 0 N–H and O–H groups in total. The van der Waals surface area contributed by atoms with Crippen LogP contribution in [0.5, 0.6) is 0 Å². The summed E-state index contributed by atoms with van der Waals surface area (Å²) >= 11 is 2.80. The lowest BCUT2D eigenvalue weighted by atomic mass is 10.1. The third kappa shape index (κ3) is 2.30. The highest BCUT2D eigenvalue weighted by Gasteiger charge is 2.24. The molecule has 1 aromatic rings. The summed E-state index contributed by atoms with van der Waals surface area (Å²) in [6, 6.07) is 1.65. The molecule has 0 aliphatic carbocycles. The van der Waals surface area contributed by atoms with Crippen molar-refractivity contribution < 1.29 is 18.9 Å². The van der Waals surface area contributed by atoms with Gasteiger partial charge in [-0.3, -0.25) is 19.7 Å². The lowest BCUT2D eigenvalue weighted by molar-refractivity contribution is -0.385. The van der Waals surface area contributed by atoms with Gasteiger partial charge in [-0.1, -0.05) is 15.9 Å². The molecule has 0 unspecified atom stereocenters. The molecule has 0 saturated heterocycles. The highest BCUT2D eigenvalue weighted by molar-refractivity contribution is 9.09. The molecule has 0 amide bonds. The molecule has 0 aromatic heterocycles. The van der Waals surface area contributed by atoms with Gasteiger partial charge in [0.25, 0.3) is 5.69 Å². The van der Waals surface area contributed by atoms with E-state index in [1.165, 1.54) is 0 Å². The van der Waals surface area contributed by atoms with Crippen LogP contribution in [0.4, 0.5) is 10.1 Å². The number of hydrogen-bond acceptors (Lipinski definition) is 4. The molecule has 1 rings (SSSR count). The van der Waals surface area contributed by atoms with Crippen LogP contribution in [0, 0.1) is 15.9 Å². The minimum absolute atomic E-state index is 0.185. The topological polar surface area (TPSA) is 77.3 Å². The summed E-state index contributed by atoms with van der Waals surface area (Å²) < 4.78 is 13.4. The zero-order valence-electron chi connectivity index (χ0n) is 7.78. The van der Waals surface area contributed by atoms with Crippen molar-refractivity contribution in [3.8, 4) is 0 Å². The first-order chi connectivity index (χ1) is 7.51. The van der Waals surface area contributed by atoms with E-state index >= 15 is 0 Å². The van der Waals surface area contributed by atoms with Crippen LogP contribution in [0.3, 0.4) is 0 Å². The fourth-order valence-electron chi connectivity index (χ4n) is 1.17. The molecular weight excluding hydrogens is 285 g/mol. The predicted molar refractivity (Wildman–Crippen MR) is 56.6 cm³/mol. The molecule has 0 aliphatic heterocycles. The summed E-state index contributed by atoms with van der Waals surface area (Å²) in [5, 5.41) is 10.4. The molecule has 16 heavy (non-hydrogen) atoms. The first kappa shape index (κ1) is 12.4. The van der Waals surface area contributed by atoms with Crippen LogP contribution < -0.4 is 0 Å². The average Bonchev–Trinajstić information content (AvgIpc) is 2.26. The van der Waals surface area contributed by atoms with Gasteiger partial charge in [0.2, 0.25) is 0 Å². The Morgan fingerprint density at radius 3 is 2.62 bits per heavy atom. The normalized spacial score (nSPS) is 9.88. The van der Waals surface area contributed by atoms with Gasteiger partial charge in [-0.05, 0) is 6.07 Å². The van der Waals surface area contributed by atoms with Gasteiger partial charge in [-0.15, -0.1) is 0 Å². The molecule has 7 heteroatoms. The summed E-state index contributed by atoms with van der Waals surface area (Å²) in [6.45, 7) is 0. The lowest BCUT2D eigenvalue weighted by Crippen LogP contribution is -2.08. The Balaban J connectivity index is 3.51. The average molecular weight is 290 g/mol. The summed E-state index contributed by atoms with van der Waals surface area (Å²) in [5.41, 5.74) is -1.51. The predicted octanol–water partition coefficient (Wildman–Crippen LogP) is 2.12. The molecule has 5 nitrogen and oxygen atoms in total. The van der Waals surface area contributed by atoms with Gasteiger partial charge in [-0.25, -0.2) is 4.39 Å². The monoisotopic (exact) mass is 289 g/mol. The lowest BCUT2D eigenvalue weighted by Gasteiger charge is -2.02. The molecule has 1 aromatic carbocycles. The van der Waals surface area contributed by atoms with Crippen LogP contribution >= 0.6 is 15.9 Å². The number of ketones is 1. The first-order valence-corrected chi connectivity index (χ1v) is 5.15. The van der Waals surface area contributed by atoms with Crippen molar-refractivity contribution in [2.24, 2.45) is 0 Å². The largest absolute Gasteiger partial charge is 0.298 e. The second-order valence-electron chi connectivity index (χ2n) is 2.83. The quantitative estimate of drug-likeness (QED) is 0.280. The zero-order chi connectivity index (χ0) is 12.3. The van der Waals surface area contributed by atoms with E-state index in [9.17, 15) is 24.1 Å². The Morgan fingerprint density at radius 1 is 1.56 bits per heavy atom. The Labute approximate surface area is 97.5 Å². The molecular formula is C9H5BrFNO4. The van der Waals surface area contributed by atoms with Crippen LogP contribution in [0.2, 0.25) is 0 Å². The van der Waals surface area contributed by atoms with Crippen LogP contribution in [0.25, 0.3) is 0 Å². The minimum atomic E-state index is -1.07. The van der Waals surface area contributed by atoms with Crippen molar-refractivity contribution in [2.75, 3.05) is 5.33 Å². The second-order valence-corrected chi connectivity index (χ2v) is 3.39. The molecule has 0 fully saturated rings. The van der Waals surface area contributed by atoms with Crippen molar-refractivity contribution in [2.45, 2.75) is 0 Å². The number of aldehydes is 1. The van der Waals surface area contributed by atoms with E-state index in [0.717, 1.165) is 12.1 Å². The Hall–Kier alpha value is -1.63. The number of benzene rings is 1. The maximum Gasteiger partial charge on any atom is 0.283 e. The number of hydrogen-bond donors (Lipinski definition) is 0. The van der Waals surface area contributed by atoms with Crippen molar-refractivity contribution in [1.29, 1.82) is 0 Å². The van der Waals surface area contributed by atoms with Gasteiger partial charge in [0, 0.05) is 11.6 Å². The minimum Gasteiger partial charge on any atom is -0.298 e. The number of nitro groups is 1. The Kier molecular flexibility index (Phi) is 3.83. The van der Waals surface area contributed by atoms with E-state index in [-0.39, 0.29) is 17.2 Å². The van der Waals surface area contributed by atoms with Gasteiger partial charge in [0.1, 0.15) is 17.7 Å². The summed E-state index contributed by atoms with van der Waals surface area (Å²) in [4.78, 5) is 31.4. The van der Waals surface area contributed by atoms with Crippen molar-refractivity contribution in [1.82, 2.24) is 0 Å². The van der Waals surface area contributed by atoms with Crippen LogP contribution in [-0.4, -0.2) is 22.3 Å². The van der Waals surface area contributed by atoms with Gasteiger partial charge in [0.05, 0.1) is 10.3 Å². The number of nitro benzene ring substituents is 1. The smallest absolute Gasteiger partial charge is 0.283 e. The molecule has 0 atom stereocenters. The number of Topliss-reactive ketones (excluding diaryl/α,β-unsaturated/α-hetero) is 1. The van der Waals surface area contributed by atoms with Crippen molar-refractivity contribution in [3.63, 3.8) is 0 Å². The maximum atomic E-state index is 13.4. The van der Waals surface area contributed by atoms with E-state index < -0.39 is 27.8 Å². The van der Waals surface area contributed by atoms with E-state index in [0.29, 0.717) is 0 Å². The Morgan fingerprint density at radius 2 is 2.19 bits per heavy atom. The fraction of sp³-hybridized carbons (Fsp3) is 0.111. The molecule has 0 aliphatic rings. The van der Waals surface area contributed by atoms with E-state index in [4.69, 9.17) is 0 Å². The second kappa shape index (κ2) is 4.93. The fourth-order valence-corrected chi connectivity index (χ4v) is 1.45. The molecule has 0 radical (unpaired) electrons. The van der Waals surface area contributed by atoms with Gasteiger partial charge in [0.15, 0.2) is 5.78 Å². The maximum absolute atomic E-state index is 13.4. The molecule has 0 heterocycles. The Bertz CT molecular complexity index is 475. The number of rotatable bonds is 4. The van der Waals surface area contributed by atoms with Gasteiger partial charge < -0.3 is 0 Å². The number of halogens is 2. The number of carbonyl (C=O) groups is 2. The third-order valence-corrected chi connectivity index (χ3v) is 2.33. The van der Waals surface area contributed by atoms with Gasteiger partial charge in [-0.2, -0.15) is 0 Å². The number of carbonyl (C=O) groups excluding carboxylic acids is 2. The summed E-state index contributed by atoms with van der Waals surface area (Å²) in [6.07, 6.45) is 0.276. The number of nitrogens with zero attached hydrogens (tertiary/aromatic N) is 1. The van der Waals surface area contributed by atoms with Crippen LogP contribution in [0.15, 0.2) is 12.1 Å². The van der Waals surface area contributed by atoms with Gasteiger partial charge >= 0.3 is 0 Å². The molecule has 0 spiro atoms. The third-order valence-electron chi connectivity index (χ3n) is 1.82. The van der Waals surface area contributed by atoms with E-state index in [1.54, 1.807) is 0 Å². The summed E-state index contributed by atoms with van der Waals surface area (Å²) in [5.74, 6) is -1.82. The van der Waals surface area contributed by atoms with Crippen LogP contribution in [0.1, 0.15) is 20.7 Å². The van der Waals surface area contributed by atoms with Crippen LogP contribution in [-0.2, 0) is 0 Å². The molecule has 84 valence electrons. The SMILES string of the molecule is O=Cc1cc(F)c(C(=O)CBr)c([N+](=O)[O-])c1. The van der Waals surface area contributed by atoms with E-state index in [1.807, 2.05) is 0 Å². The molecule has 0 saturated carbocycles. The van der Waals surface area contributed by atoms with Crippen molar-refractivity contribution in [3.05, 3.63) is 39.2 Å². The van der Waals surface area contributed by atoms with E-state index in [2.05, 4.69) is 15.9 Å². The standard InChI is InChI=1S/C9H5BrFNO4/c10-3-8(14)9-6(11)1-5(4-13)2-7(9)12(15)16/h1-2,4H,3H2. The number of alkyl halides is 1. The van der Waals surface area contributed by atoms with Crippen molar-refractivity contribution >= 4 is 33.7 Å².